The minimum absolute atomic E-state index is 0.0914. The first-order valence-electron chi connectivity index (χ1n) is 10.1. The lowest BCUT2D eigenvalue weighted by atomic mass is 9.87. The Hall–Kier alpha value is -2.75. The maximum absolute atomic E-state index is 12.8. The molecule has 2 fully saturated rings. The smallest absolute Gasteiger partial charge is 0.322 e. The van der Waals surface area contributed by atoms with Crippen molar-refractivity contribution in [1.82, 2.24) is 15.4 Å². The first kappa shape index (κ1) is 20.2. The van der Waals surface area contributed by atoms with E-state index in [1.807, 2.05) is 12.1 Å². The first-order valence-corrected chi connectivity index (χ1v) is 12.4. The molecule has 0 radical (unpaired) electrons. The van der Waals surface area contributed by atoms with E-state index in [9.17, 15) is 18.0 Å². The number of rotatable bonds is 5. The highest BCUT2D eigenvalue weighted by Crippen LogP contribution is 2.38. The number of hydrogen-bond donors (Lipinski definition) is 3. The second-order valence-electron chi connectivity index (χ2n) is 7.99. The van der Waals surface area contributed by atoms with Crippen LogP contribution in [-0.2, 0) is 14.8 Å². The molecule has 2 aromatic carbocycles. The van der Waals surface area contributed by atoms with E-state index in [0.29, 0.717) is 12.8 Å². The summed E-state index contributed by atoms with van der Waals surface area (Å²) in [5.74, 6) is -0.654. The van der Waals surface area contributed by atoms with Crippen LogP contribution in [0.15, 0.2) is 59.5 Å². The lowest BCUT2D eigenvalue weighted by Crippen LogP contribution is -2.53. The fraction of sp³-hybridized carbons (Fsp3) is 0.273. The number of imide groups is 1. The normalized spacial score (nSPS) is 23.4. The molecule has 1 aromatic heterocycles. The molecule has 1 spiro atoms. The summed E-state index contributed by atoms with van der Waals surface area (Å²) < 4.78 is 29.5. The van der Waals surface area contributed by atoms with Crippen LogP contribution < -0.4 is 15.4 Å². The second-order valence-corrected chi connectivity index (χ2v) is 10.8. The van der Waals surface area contributed by atoms with Gasteiger partial charge in [0.15, 0.2) is 0 Å². The fourth-order valence-electron chi connectivity index (χ4n) is 4.54. The van der Waals surface area contributed by atoms with Crippen LogP contribution in [-0.4, -0.2) is 32.4 Å². The highest BCUT2D eigenvalue weighted by atomic mass is 32.2. The van der Waals surface area contributed by atoms with Crippen LogP contribution in [0.1, 0.15) is 19.3 Å². The zero-order valence-corrected chi connectivity index (χ0v) is 18.2. The summed E-state index contributed by atoms with van der Waals surface area (Å²) in [6.45, 7) is 0.0914. The van der Waals surface area contributed by atoms with Crippen LogP contribution in [0.2, 0.25) is 0 Å². The molecule has 2 unspecified atom stereocenters. The van der Waals surface area contributed by atoms with E-state index < -0.39 is 21.6 Å². The molecule has 2 atom stereocenters. The Morgan fingerprint density at radius 1 is 1.10 bits per heavy atom. The molecule has 1 aliphatic carbocycles. The van der Waals surface area contributed by atoms with Crippen molar-refractivity contribution in [2.24, 2.45) is 5.92 Å². The third-order valence-corrected chi connectivity index (χ3v) is 8.79. The highest BCUT2D eigenvalue weighted by molar-refractivity contribution is 7.89. The molecule has 9 heteroatoms. The Labute approximate surface area is 183 Å². The number of hydrogen-bond acceptors (Lipinski definition) is 5. The summed E-state index contributed by atoms with van der Waals surface area (Å²) in [4.78, 5) is 25.1. The van der Waals surface area contributed by atoms with E-state index >= 15 is 0 Å². The number of benzene rings is 2. The Bertz CT molecular complexity index is 1250. The zero-order chi connectivity index (χ0) is 21.6. The van der Waals surface area contributed by atoms with Crippen molar-refractivity contribution in [3.8, 4) is 10.4 Å². The van der Waals surface area contributed by atoms with E-state index in [1.54, 1.807) is 35.6 Å². The van der Waals surface area contributed by atoms with Gasteiger partial charge in [0.05, 0.1) is 4.90 Å². The van der Waals surface area contributed by atoms with Crippen molar-refractivity contribution in [2.75, 3.05) is 6.54 Å². The van der Waals surface area contributed by atoms with Gasteiger partial charge in [-0.05, 0) is 48.1 Å². The molecule has 1 saturated heterocycles. The van der Waals surface area contributed by atoms with Gasteiger partial charge in [0.2, 0.25) is 10.0 Å². The number of urea groups is 1. The summed E-state index contributed by atoms with van der Waals surface area (Å²) >= 11 is 1.66. The molecule has 1 aliphatic heterocycles. The van der Waals surface area contributed by atoms with Crippen molar-refractivity contribution in [2.45, 2.75) is 29.7 Å². The minimum Gasteiger partial charge on any atom is -0.323 e. The number of nitrogens with one attached hydrogen (secondary N) is 3. The highest BCUT2D eigenvalue weighted by Gasteiger charge is 2.54. The maximum Gasteiger partial charge on any atom is 0.322 e. The number of carbonyl (C=O) groups excluding carboxylic acids is 2. The van der Waals surface area contributed by atoms with Gasteiger partial charge >= 0.3 is 6.03 Å². The van der Waals surface area contributed by atoms with E-state index in [4.69, 9.17) is 0 Å². The molecule has 3 aromatic rings. The fourth-order valence-corrected chi connectivity index (χ4v) is 6.69. The quantitative estimate of drug-likeness (QED) is 0.514. The monoisotopic (exact) mass is 455 g/mol. The van der Waals surface area contributed by atoms with Crippen molar-refractivity contribution >= 4 is 43.4 Å². The van der Waals surface area contributed by atoms with Crippen LogP contribution in [0.4, 0.5) is 4.79 Å². The van der Waals surface area contributed by atoms with Crippen molar-refractivity contribution in [3.05, 3.63) is 54.6 Å². The lowest BCUT2D eigenvalue weighted by molar-refractivity contribution is -0.125. The predicted octanol–water partition coefficient (Wildman–Crippen LogP) is 3.22. The largest absolute Gasteiger partial charge is 0.323 e. The van der Waals surface area contributed by atoms with Gasteiger partial charge in [-0.25, -0.2) is 17.9 Å². The molecule has 31 heavy (non-hydrogen) atoms. The van der Waals surface area contributed by atoms with Gasteiger partial charge in [0.25, 0.3) is 5.91 Å². The van der Waals surface area contributed by atoms with Crippen LogP contribution in [0.5, 0.6) is 0 Å². The molecular formula is C22H21N3O4S2. The van der Waals surface area contributed by atoms with Crippen LogP contribution in [0, 0.1) is 5.92 Å². The molecule has 3 N–H and O–H groups in total. The van der Waals surface area contributed by atoms with Gasteiger partial charge in [-0.15, -0.1) is 11.3 Å². The number of amides is 3. The first-order chi connectivity index (χ1) is 14.9. The minimum atomic E-state index is -3.74. The van der Waals surface area contributed by atoms with E-state index in [0.717, 1.165) is 22.2 Å². The van der Waals surface area contributed by atoms with Crippen LogP contribution >= 0.6 is 11.3 Å². The Morgan fingerprint density at radius 3 is 2.58 bits per heavy atom. The molecule has 160 valence electrons. The number of carbonyl (C=O) groups is 2. The maximum atomic E-state index is 12.8. The summed E-state index contributed by atoms with van der Waals surface area (Å²) in [5.41, 5.74) is -0.0507. The molecule has 5 rings (SSSR count). The predicted molar refractivity (Wildman–Crippen MR) is 119 cm³/mol. The molecule has 0 bridgehead atoms. The molecule has 3 amide bonds. The van der Waals surface area contributed by atoms with E-state index in [2.05, 4.69) is 33.6 Å². The average molecular weight is 456 g/mol. The lowest BCUT2D eigenvalue weighted by Gasteiger charge is -2.28. The summed E-state index contributed by atoms with van der Waals surface area (Å²) in [7, 11) is -3.74. The van der Waals surface area contributed by atoms with Crippen molar-refractivity contribution < 1.29 is 18.0 Å². The van der Waals surface area contributed by atoms with E-state index in [1.165, 1.54) is 4.70 Å². The average Bonchev–Trinajstić information content (AvgIpc) is 3.44. The standard InChI is InChI=1S/C22H21N3O4S2/c26-20-22(25-21(27)24-20)11-3-5-16(22)13-23-31(28,29)17-9-7-14(8-10-17)19-12-15-4-1-2-6-18(15)30-19/h1-2,4,6-10,12,16,23H,3,5,11,13H2,(H2,24,25,26,27). The number of fused-ring (bicyclic) bond motifs is 1. The third-order valence-electron chi connectivity index (χ3n) is 6.18. The summed E-state index contributed by atoms with van der Waals surface area (Å²) in [5, 5.41) is 6.14. The van der Waals surface area contributed by atoms with E-state index in [-0.39, 0.29) is 23.3 Å². The number of sulfonamides is 1. The topological polar surface area (TPSA) is 104 Å². The molecule has 7 nitrogen and oxygen atoms in total. The molecular weight excluding hydrogens is 434 g/mol. The Balaban J connectivity index is 1.32. The van der Waals surface area contributed by atoms with Crippen molar-refractivity contribution in [3.63, 3.8) is 0 Å². The van der Waals surface area contributed by atoms with Crippen molar-refractivity contribution in [1.29, 1.82) is 0 Å². The SMILES string of the molecule is O=C1NC(=O)C2(CCCC2CNS(=O)(=O)c2ccc(-c3cc4ccccc4s3)cc2)N1. The van der Waals surface area contributed by atoms with Gasteiger partial charge in [0, 0.05) is 22.0 Å². The Kier molecular flexibility index (Phi) is 4.84. The summed E-state index contributed by atoms with van der Waals surface area (Å²) in [6.07, 6.45) is 1.94. The van der Waals surface area contributed by atoms with Gasteiger partial charge in [0.1, 0.15) is 5.54 Å². The van der Waals surface area contributed by atoms with Gasteiger partial charge < -0.3 is 5.32 Å². The molecule has 2 aliphatic rings. The van der Waals surface area contributed by atoms with Gasteiger partial charge in [-0.3, -0.25) is 10.1 Å². The number of thiophene rings is 1. The zero-order valence-electron chi connectivity index (χ0n) is 16.6. The summed E-state index contributed by atoms with van der Waals surface area (Å²) in [6, 6.07) is 16.5. The Morgan fingerprint density at radius 2 is 1.87 bits per heavy atom. The van der Waals surface area contributed by atoms with Crippen LogP contribution in [0.25, 0.3) is 20.5 Å². The van der Waals surface area contributed by atoms with Crippen LogP contribution in [0.3, 0.4) is 0 Å². The van der Waals surface area contributed by atoms with Gasteiger partial charge in [-0.2, -0.15) is 0 Å². The van der Waals surface area contributed by atoms with Gasteiger partial charge in [-0.1, -0.05) is 36.8 Å². The third kappa shape index (κ3) is 3.52. The molecule has 2 heterocycles. The molecule has 1 saturated carbocycles. The second kappa shape index (κ2) is 7.44.